The summed E-state index contributed by atoms with van der Waals surface area (Å²) in [4.78, 5) is 23.6. The number of anilines is 1. The minimum atomic E-state index is -0.550. The third-order valence-electron chi connectivity index (χ3n) is 2.48. The number of rotatable bonds is 2. The molecule has 0 aliphatic rings. The maximum Gasteiger partial charge on any atom is 0.343 e. The number of methoxy groups -OCH3 is 1. The van der Waals surface area contributed by atoms with Crippen LogP contribution in [0.25, 0.3) is 11.4 Å². The molecule has 0 fully saturated rings. The molecule has 0 unspecified atom stereocenters. The van der Waals surface area contributed by atoms with Gasteiger partial charge in [0.2, 0.25) is 0 Å². The smallest absolute Gasteiger partial charge is 0.343 e. The molecule has 0 aliphatic heterocycles. The fraction of sp³-hybridized carbons (Fsp3) is 0.167. The molecule has 2 aromatic rings. The van der Waals surface area contributed by atoms with Crippen LogP contribution in [0.15, 0.2) is 24.7 Å². The molecule has 0 saturated heterocycles. The molecule has 6 heteroatoms. The molecule has 0 radical (unpaired) electrons. The van der Waals surface area contributed by atoms with Crippen LogP contribution in [0.2, 0.25) is 0 Å². The lowest BCUT2D eigenvalue weighted by atomic mass is 10.1. The van der Waals surface area contributed by atoms with E-state index in [2.05, 4.69) is 19.7 Å². The van der Waals surface area contributed by atoms with Gasteiger partial charge in [-0.05, 0) is 18.6 Å². The van der Waals surface area contributed by atoms with Gasteiger partial charge in [0, 0.05) is 24.2 Å². The van der Waals surface area contributed by atoms with Crippen molar-refractivity contribution >= 4 is 11.8 Å². The molecule has 0 aliphatic carbocycles. The van der Waals surface area contributed by atoms with Crippen LogP contribution >= 0.6 is 0 Å². The number of carbonyl (C=O) groups excluding carboxylic acids is 1. The van der Waals surface area contributed by atoms with Gasteiger partial charge in [-0.25, -0.2) is 14.8 Å². The first-order valence-electron chi connectivity index (χ1n) is 5.25. The van der Waals surface area contributed by atoms with Gasteiger partial charge in [0.05, 0.1) is 7.11 Å². The van der Waals surface area contributed by atoms with E-state index in [-0.39, 0.29) is 11.4 Å². The van der Waals surface area contributed by atoms with Gasteiger partial charge < -0.3 is 10.5 Å². The zero-order valence-corrected chi connectivity index (χ0v) is 10.0. The summed E-state index contributed by atoms with van der Waals surface area (Å²) >= 11 is 0. The predicted molar refractivity (Wildman–Crippen MR) is 65.8 cm³/mol. The molecule has 0 spiro atoms. The highest BCUT2D eigenvalue weighted by molar-refractivity contribution is 5.93. The van der Waals surface area contributed by atoms with E-state index in [1.54, 1.807) is 18.5 Å². The first-order chi connectivity index (χ1) is 8.63. The Morgan fingerprint density at radius 3 is 2.78 bits per heavy atom. The normalized spacial score (nSPS) is 10.1. The van der Waals surface area contributed by atoms with Crippen molar-refractivity contribution in [2.45, 2.75) is 6.92 Å². The molecular formula is C12H12N4O2. The number of nitrogen functional groups attached to an aromatic ring is 1. The molecule has 2 rings (SSSR count). The molecule has 2 aromatic heterocycles. The van der Waals surface area contributed by atoms with E-state index < -0.39 is 5.97 Å². The number of aromatic nitrogens is 3. The van der Waals surface area contributed by atoms with Crippen LogP contribution in [0.5, 0.6) is 0 Å². The lowest BCUT2D eigenvalue weighted by molar-refractivity contribution is 0.0601. The second-order valence-corrected chi connectivity index (χ2v) is 3.67. The van der Waals surface area contributed by atoms with Crippen molar-refractivity contribution in [3.8, 4) is 11.4 Å². The summed E-state index contributed by atoms with van der Waals surface area (Å²) in [5.41, 5.74) is 7.64. The first kappa shape index (κ1) is 12.0. The Bertz CT molecular complexity index is 598. The number of nitrogens with zero attached hydrogens (tertiary/aromatic N) is 3. The average molecular weight is 244 g/mol. The molecule has 0 bridgehead atoms. The van der Waals surface area contributed by atoms with Gasteiger partial charge in [0.15, 0.2) is 5.82 Å². The Hall–Kier alpha value is -2.50. The summed E-state index contributed by atoms with van der Waals surface area (Å²) in [5, 5.41) is 0. The van der Waals surface area contributed by atoms with Crippen LogP contribution < -0.4 is 5.73 Å². The van der Waals surface area contributed by atoms with Gasteiger partial charge in [-0.1, -0.05) is 0 Å². The number of ether oxygens (including phenoxy) is 1. The minimum Gasteiger partial charge on any atom is -0.465 e. The Morgan fingerprint density at radius 2 is 2.17 bits per heavy atom. The summed E-state index contributed by atoms with van der Waals surface area (Å²) in [7, 11) is 1.28. The summed E-state index contributed by atoms with van der Waals surface area (Å²) in [6.45, 7) is 1.90. The summed E-state index contributed by atoms with van der Waals surface area (Å²) < 4.78 is 4.58. The van der Waals surface area contributed by atoms with Crippen molar-refractivity contribution in [1.29, 1.82) is 0 Å². The van der Waals surface area contributed by atoms with Gasteiger partial charge in [0.25, 0.3) is 0 Å². The van der Waals surface area contributed by atoms with Gasteiger partial charge in [0.1, 0.15) is 11.4 Å². The van der Waals surface area contributed by atoms with Crippen molar-refractivity contribution in [3.05, 3.63) is 35.8 Å². The van der Waals surface area contributed by atoms with Gasteiger partial charge in [-0.15, -0.1) is 0 Å². The van der Waals surface area contributed by atoms with Crippen LogP contribution in [-0.4, -0.2) is 28.0 Å². The van der Waals surface area contributed by atoms with Crippen LogP contribution in [0.4, 0.5) is 5.82 Å². The van der Waals surface area contributed by atoms with E-state index in [4.69, 9.17) is 5.73 Å². The Labute approximate surface area is 104 Å². The van der Waals surface area contributed by atoms with E-state index in [0.717, 1.165) is 11.1 Å². The van der Waals surface area contributed by atoms with Gasteiger partial charge >= 0.3 is 5.97 Å². The zero-order chi connectivity index (χ0) is 13.1. The predicted octanol–water partition coefficient (Wildman–Crippen LogP) is 1.22. The number of esters is 1. The molecule has 2 heterocycles. The summed E-state index contributed by atoms with van der Waals surface area (Å²) in [6.07, 6.45) is 4.72. The highest BCUT2D eigenvalue weighted by Crippen LogP contribution is 2.20. The molecule has 0 atom stereocenters. The van der Waals surface area contributed by atoms with Crippen LogP contribution in [0.3, 0.4) is 0 Å². The van der Waals surface area contributed by atoms with E-state index >= 15 is 0 Å². The molecule has 6 nitrogen and oxygen atoms in total. The highest BCUT2D eigenvalue weighted by atomic mass is 16.5. The second kappa shape index (κ2) is 4.79. The van der Waals surface area contributed by atoms with Crippen LogP contribution in [0.1, 0.15) is 15.9 Å². The number of hydrogen-bond donors (Lipinski definition) is 1. The molecule has 0 aromatic carbocycles. The maximum absolute atomic E-state index is 11.4. The van der Waals surface area contributed by atoms with Crippen LogP contribution in [-0.2, 0) is 4.74 Å². The Kier molecular flexibility index (Phi) is 3.18. The Morgan fingerprint density at radius 1 is 1.39 bits per heavy atom. The standard InChI is InChI=1S/C12H12N4O2/c1-7-5-14-4-3-8(7)11-15-6-9(10(13)16-11)12(17)18-2/h3-6H,1-2H3,(H2,13,15,16). The molecule has 0 saturated carbocycles. The molecule has 2 N–H and O–H groups in total. The van der Waals surface area contributed by atoms with Crippen molar-refractivity contribution in [3.63, 3.8) is 0 Å². The molecule has 0 amide bonds. The molecule has 92 valence electrons. The SMILES string of the molecule is COC(=O)c1cnc(-c2ccncc2C)nc1N. The number of aryl methyl sites for hydroxylation is 1. The van der Waals surface area contributed by atoms with E-state index in [1.807, 2.05) is 6.92 Å². The number of carbonyl (C=O) groups is 1. The topological polar surface area (TPSA) is 91.0 Å². The third kappa shape index (κ3) is 2.13. The Balaban J connectivity index is 2.47. The lowest BCUT2D eigenvalue weighted by Gasteiger charge is -2.06. The van der Waals surface area contributed by atoms with E-state index in [1.165, 1.54) is 13.3 Å². The number of hydrogen-bond acceptors (Lipinski definition) is 6. The summed E-state index contributed by atoms with van der Waals surface area (Å²) in [6, 6.07) is 1.79. The van der Waals surface area contributed by atoms with Crippen molar-refractivity contribution < 1.29 is 9.53 Å². The van der Waals surface area contributed by atoms with Crippen LogP contribution in [0, 0.1) is 6.92 Å². The van der Waals surface area contributed by atoms with Crippen molar-refractivity contribution in [2.24, 2.45) is 0 Å². The van der Waals surface area contributed by atoms with E-state index in [0.29, 0.717) is 5.82 Å². The zero-order valence-electron chi connectivity index (χ0n) is 10.0. The van der Waals surface area contributed by atoms with Crippen molar-refractivity contribution in [1.82, 2.24) is 15.0 Å². The minimum absolute atomic E-state index is 0.100. The first-order valence-corrected chi connectivity index (χ1v) is 5.25. The van der Waals surface area contributed by atoms with E-state index in [9.17, 15) is 4.79 Å². The lowest BCUT2D eigenvalue weighted by Crippen LogP contribution is -2.09. The quantitative estimate of drug-likeness (QED) is 0.798. The fourth-order valence-corrected chi connectivity index (χ4v) is 1.52. The summed E-state index contributed by atoms with van der Waals surface area (Å²) in [5.74, 6) is 0.00798. The van der Waals surface area contributed by atoms with Crippen molar-refractivity contribution in [2.75, 3.05) is 12.8 Å². The van der Waals surface area contributed by atoms with Gasteiger partial charge in [-0.3, -0.25) is 4.98 Å². The molecular weight excluding hydrogens is 232 g/mol. The average Bonchev–Trinajstić information content (AvgIpc) is 2.38. The maximum atomic E-state index is 11.4. The monoisotopic (exact) mass is 244 g/mol. The fourth-order valence-electron chi connectivity index (χ4n) is 1.52. The second-order valence-electron chi connectivity index (χ2n) is 3.67. The third-order valence-corrected chi connectivity index (χ3v) is 2.48. The number of nitrogens with two attached hydrogens (primary N) is 1. The highest BCUT2D eigenvalue weighted by Gasteiger charge is 2.14. The number of pyridine rings is 1. The molecule has 18 heavy (non-hydrogen) atoms. The largest absolute Gasteiger partial charge is 0.465 e. The van der Waals surface area contributed by atoms with Gasteiger partial charge in [-0.2, -0.15) is 0 Å².